The average molecular weight is 228 g/mol. The van der Waals surface area contributed by atoms with Crippen LogP contribution in [0.2, 0.25) is 0 Å². The van der Waals surface area contributed by atoms with Crippen molar-refractivity contribution in [2.45, 2.75) is 25.0 Å². The SMILES string of the molecule is OC(c1ccc2ccccc2c1)C1CCCO1. The smallest absolute Gasteiger partial charge is 0.105 e. The highest BCUT2D eigenvalue weighted by atomic mass is 16.5. The third kappa shape index (κ3) is 2.06. The van der Waals surface area contributed by atoms with Gasteiger partial charge in [0, 0.05) is 6.61 Å². The second kappa shape index (κ2) is 4.47. The number of ether oxygens (including phenoxy) is 1. The summed E-state index contributed by atoms with van der Waals surface area (Å²) in [5, 5.41) is 12.6. The predicted octanol–water partition coefficient (Wildman–Crippen LogP) is 3.05. The van der Waals surface area contributed by atoms with Gasteiger partial charge >= 0.3 is 0 Å². The van der Waals surface area contributed by atoms with Gasteiger partial charge in [-0.1, -0.05) is 36.4 Å². The van der Waals surface area contributed by atoms with Gasteiger partial charge in [-0.3, -0.25) is 0 Å². The summed E-state index contributed by atoms with van der Waals surface area (Å²) in [6.45, 7) is 0.773. The lowest BCUT2D eigenvalue weighted by molar-refractivity contribution is -0.00252. The summed E-state index contributed by atoms with van der Waals surface area (Å²) in [6, 6.07) is 14.3. The fourth-order valence-electron chi connectivity index (χ4n) is 2.46. The zero-order chi connectivity index (χ0) is 11.7. The molecule has 2 atom stereocenters. The number of aliphatic hydroxyl groups excluding tert-OH is 1. The van der Waals surface area contributed by atoms with Crippen molar-refractivity contribution < 1.29 is 9.84 Å². The summed E-state index contributed by atoms with van der Waals surface area (Å²) in [6.07, 6.45) is 1.47. The Balaban J connectivity index is 1.94. The molecule has 2 aromatic carbocycles. The minimum Gasteiger partial charge on any atom is -0.386 e. The van der Waals surface area contributed by atoms with E-state index in [0.717, 1.165) is 25.0 Å². The second-order valence-electron chi connectivity index (χ2n) is 4.60. The Hall–Kier alpha value is -1.38. The largest absolute Gasteiger partial charge is 0.386 e. The molecule has 1 aliphatic heterocycles. The van der Waals surface area contributed by atoms with Gasteiger partial charge in [-0.15, -0.1) is 0 Å². The van der Waals surface area contributed by atoms with E-state index in [0.29, 0.717) is 0 Å². The standard InChI is InChI=1S/C15H16O2/c16-15(14-6-3-9-17-14)13-8-7-11-4-1-2-5-12(11)10-13/h1-2,4-5,7-8,10,14-16H,3,6,9H2. The van der Waals surface area contributed by atoms with E-state index in [4.69, 9.17) is 4.74 Å². The van der Waals surface area contributed by atoms with Gasteiger partial charge in [0.1, 0.15) is 6.10 Å². The van der Waals surface area contributed by atoms with Crippen LogP contribution in [0.4, 0.5) is 0 Å². The third-order valence-electron chi connectivity index (χ3n) is 3.43. The molecule has 0 aliphatic carbocycles. The Morgan fingerprint density at radius 1 is 1.12 bits per heavy atom. The molecule has 0 bridgehead atoms. The van der Waals surface area contributed by atoms with Crippen LogP contribution in [-0.2, 0) is 4.74 Å². The zero-order valence-corrected chi connectivity index (χ0v) is 9.67. The number of rotatable bonds is 2. The van der Waals surface area contributed by atoms with Crippen molar-refractivity contribution in [3.63, 3.8) is 0 Å². The van der Waals surface area contributed by atoms with Crippen LogP contribution < -0.4 is 0 Å². The predicted molar refractivity (Wildman–Crippen MR) is 67.9 cm³/mol. The summed E-state index contributed by atoms with van der Waals surface area (Å²) in [4.78, 5) is 0. The maximum atomic E-state index is 10.3. The van der Waals surface area contributed by atoms with Crippen LogP contribution in [0.1, 0.15) is 24.5 Å². The van der Waals surface area contributed by atoms with Gasteiger partial charge in [-0.2, -0.15) is 0 Å². The van der Waals surface area contributed by atoms with Crippen molar-refractivity contribution in [3.8, 4) is 0 Å². The van der Waals surface area contributed by atoms with Gasteiger partial charge in [-0.05, 0) is 35.2 Å². The molecule has 2 heteroatoms. The van der Waals surface area contributed by atoms with E-state index in [1.54, 1.807) is 0 Å². The van der Waals surface area contributed by atoms with Crippen molar-refractivity contribution in [3.05, 3.63) is 48.0 Å². The molecule has 2 nitrogen and oxygen atoms in total. The Kier molecular flexibility index (Phi) is 2.83. The van der Waals surface area contributed by atoms with Gasteiger partial charge < -0.3 is 9.84 Å². The molecule has 0 spiro atoms. The highest BCUT2D eigenvalue weighted by Gasteiger charge is 2.25. The van der Waals surface area contributed by atoms with Crippen molar-refractivity contribution in [2.24, 2.45) is 0 Å². The maximum Gasteiger partial charge on any atom is 0.105 e. The molecule has 1 saturated heterocycles. The number of hydrogen-bond acceptors (Lipinski definition) is 2. The lowest BCUT2D eigenvalue weighted by Crippen LogP contribution is -2.16. The van der Waals surface area contributed by atoms with E-state index < -0.39 is 6.10 Å². The minimum atomic E-state index is -0.498. The van der Waals surface area contributed by atoms with E-state index in [-0.39, 0.29) is 6.10 Å². The van der Waals surface area contributed by atoms with Crippen LogP contribution in [0, 0.1) is 0 Å². The van der Waals surface area contributed by atoms with E-state index in [2.05, 4.69) is 24.3 Å². The van der Waals surface area contributed by atoms with Crippen LogP contribution in [0.5, 0.6) is 0 Å². The van der Waals surface area contributed by atoms with Crippen molar-refractivity contribution in [1.82, 2.24) is 0 Å². The Labute approximate surface area is 101 Å². The molecule has 0 radical (unpaired) electrons. The molecule has 1 fully saturated rings. The van der Waals surface area contributed by atoms with Gasteiger partial charge in [0.25, 0.3) is 0 Å². The molecular weight excluding hydrogens is 212 g/mol. The molecule has 1 N–H and O–H groups in total. The topological polar surface area (TPSA) is 29.5 Å². The van der Waals surface area contributed by atoms with E-state index in [1.165, 1.54) is 10.8 Å². The normalized spacial score (nSPS) is 21.8. The quantitative estimate of drug-likeness (QED) is 0.856. The number of hydrogen-bond donors (Lipinski definition) is 1. The maximum absolute atomic E-state index is 10.3. The minimum absolute atomic E-state index is 0.0313. The Bertz CT molecular complexity index is 515. The molecular formula is C15H16O2. The first kappa shape index (κ1) is 10.8. The summed E-state index contributed by atoms with van der Waals surface area (Å²) in [7, 11) is 0. The van der Waals surface area contributed by atoms with Gasteiger partial charge in [0.15, 0.2) is 0 Å². The molecule has 3 rings (SSSR count). The summed E-state index contributed by atoms with van der Waals surface area (Å²) < 4.78 is 5.53. The first-order valence-corrected chi connectivity index (χ1v) is 6.13. The van der Waals surface area contributed by atoms with Crippen molar-refractivity contribution >= 4 is 10.8 Å². The molecule has 0 saturated carbocycles. The molecule has 88 valence electrons. The van der Waals surface area contributed by atoms with E-state index in [1.807, 2.05) is 18.2 Å². The first-order chi connectivity index (χ1) is 8.34. The lowest BCUT2D eigenvalue weighted by atomic mass is 9.99. The van der Waals surface area contributed by atoms with Gasteiger partial charge in [0.05, 0.1) is 6.10 Å². The van der Waals surface area contributed by atoms with Crippen molar-refractivity contribution in [1.29, 1.82) is 0 Å². The molecule has 1 aliphatic rings. The average Bonchev–Trinajstić information content (AvgIpc) is 2.91. The number of aliphatic hydroxyl groups is 1. The third-order valence-corrected chi connectivity index (χ3v) is 3.43. The van der Waals surface area contributed by atoms with Gasteiger partial charge in [0.2, 0.25) is 0 Å². The van der Waals surface area contributed by atoms with Crippen LogP contribution in [-0.4, -0.2) is 17.8 Å². The van der Waals surface area contributed by atoms with Crippen molar-refractivity contribution in [2.75, 3.05) is 6.61 Å². The Morgan fingerprint density at radius 2 is 1.94 bits per heavy atom. The van der Waals surface area contributed by atoms with Crippen LogP contribution >= 0.6 is 0 Å². The Morgan fingerprint density at radius 3 is 2.71 bits per heavy atom. The molecule has 2 aromatic rings. The van der Waals surface area contributed by atoms with E-state index >= 15 is 0 Å². The lowest BCUT2D eigenvalue weighted by Gasteiger charge is -2.18. The summed E-state index contributed by atoms with van der Waals surface area (Å²) >= 11 is 0. The highest BCUT2D eigenvalue weighted by molar-refractivity contribution is 5.83. The van der Waals surface area contributed by atoms with Gasteiger partial charge in [-0.25, -0.2) is 0 Å². The number of fused-ring (bicyclic) bond motifs is 1. The summed E-state index contributed by atoms with van der Waals surface area (Å²) in [5.74, 6) is 0. The zero-order valence-electron chi connectivity index (χ0n) is 9.67. The molecule has 0 amide bonds. The highest BCUT2D eigenvalue weighted by Crippen LogP contribution is 2.28. The van der Waals surface area contributed by atoms with Crippen LogP contribution in [0.3, 0.4) is 0 Å². The molecule has 0 aromatic heterocycles. The van der Waals surface area contributed by atoms with E-state index in [9.17, 15) is 5.11 Å². The fourth-order valence-corrected chi connectivity index (χ4v) is 2.46. The summed E-state index contributed by atoms with van der Waals surface area (Å²) in [5.41, 5.74) is 0.954. The van der Waals surface area contributed by atoms with Crippen LogP contribution in [0.15, 0.2) is 42.5 Å². The monoisotopic (exact) mass is 228 g/mol. The fraction of sp³-hybridized carbons (Fsp3) is 0.333. The number of benzene rings is 2. The van der Waals surface area contributed by atoms with Crippen LogP contribution in [0.25, 0.3) is 10.8 Å². The molecule has 1 heterocycles. The molecule has 17 heavy (non-hydrogen) atoms. The second-order valence-corrected chi connectivity index (χ2v) is 4.60. The first-order valence-electron chi connectivity index (χ1n) is 6.13. The molecule has 2 unspecified atom stereocenters.